The van der Waals surface area contributed by atoms with Crippen molar-refractivity contribution in [3.63, 3.8) is 0 Å². The molecule has 2 heteroatoms. The molecule has 2 aromatic rings. The van der Waals surface area contributed by atoms with Crippen LogP contribution in [-0.4, -0.2) is 11.0 Å². The lowest BCUT2D eigenvalue weighted by molar-refractivity contribution is 0.521. The van der Waals surface area contributed by atoms with Crippen LogP contribution in [0.25, 0.3) is 10.9 Å². The average Bonchev–Trinajstić information content (AvgIpc) is 3.09. The molecule has 0 amide bonds. The van der Waals surface area contributed by atoms with Crippen LogP contribution < -0.4 is 5.32 Å². The van der Waals surface area contributed by atoms with Crippen LogP contribution in [0.4, 0.5) is 0 Å². The third kappa shape index (κ3) is 2.78. The quantitative estimate of drug-likeness (QED) is 0.884. The third-order valence-electron chi connectivity index (χ3n) is 6.00. The molecule has 0 aliphatic heterocycles. The van der Waals surface area contributed by atoms with Gasteiger partial charge in [-0.3, -0.25) is 4.98 Å². The summed E-state index contributed by atoms with van der Waals surface area (Å²) in [4.78, 5) is 5.09. The van der Waals surface area contributed by atoms with Gasteiger partial charge in [-0.15, -0.1) is 0 Å². The number of aryl methyl sites for hydroxylation is 3. The highest BCUT2D eigenvalue weighted by molar-refractivity contribution is 5.87. The van der Waals surface area contributed by atoms with Gasteiger partial charge in [0, 0.05) is 23.7 Å². The van der Waals surface area contributed by atoms with E-state index >= 15 is 0 Å². The standard InChI is InChI=1S/C21H28N2/c1-14-11-12-18-19(13-22-16-7-3-4-8-16)17-9-5-6-10-20(17)23-21(18)15(14)2/h11-12,16,22H,3-10,13H2,1-2H3. The van der Waals surface area contributed by atoms with E-state index in [1.165, 1.54) is 72.7 Å². The maximum atomic E-state index is 5.09. The first kappa shape index (κ1) is 15.1. The van der Waals surface area contributed by atoms with E-state index in [1.54, 1.807) is 11.1 Å². The fourth-order valence-electron chi connectivity index (χ4n) is 4.40. The molecule has 0 atom stereocenters. The Morgan fingerprint density at radius 3 is 2.65 bits per heavy atom. The highest BCUT2D eigenvalue weighted by Gasteiger charge is 2.21. The molecular formula is C21H28N2. The van der Waals surface area contributed by atoms with Crippen LogP contribution >= 0.6 is 0 Å². The average molecular weight is 308 g/mol. The van der Waals surface area contributed by atoms with Gasteiger partial charge in [0.25, 0.3) is 0 Å². The molecule has 122 valence electrons. The molecule has 0 unspecified atom stereocenters. The van der Waals surface area contributed by atoms with Gasteiger partial charge in [0.05, 0.1) is 5.52 Å². The molecule has 0 radical (unpaired) electrons. The van der Waals surface area contributed by atoms with Gasteiger partial charge in [-0.05, 0) is 74.6 Å². The predicted octanol–water partition coefficient (Wildman–Crippen LogP) is 4.76. The molecule has 1 saturated carbocycles. The highest BCUT2D eigenvalue weighted by atomic mass is 14.9. The number of pyridine rings is 1. The van der Waals surface area contributed by atoms with Crippen molar-refractivity contribution in [3.05, 3.63) is 40.1 Å². The van der Waals surface area contributed by atoms with Gasteiger partial charge < -0.3 is 5.32 Å². The number of benzene rings is 1. The van der Waals surface area contributed by atoms with Gasteiger partial charge in [0.1, 0.15) is 0 Å². The number of aromatic nitrogens is 1. The molecule has 1 fully saturated rings. The van der Waals surface area contributed by atoms with Gasteiger partial charge in [0.15, 0.2) is 0 Å². The maximum Gasteiger partial charge on any atom is 0.0740 e. The predicted molar refractivity (Wildman–Crippen MR) is 97.0 cm³/mol. The first-order valence-electron chi connectivity index (χ1n) is 9.38. The smallest absolute Gasteiger partial charge is 0.0740 e. The number of nitrogens with one attached hydrogen (secondary N) is 1. The summed E-state index contributed by atoms with van der Waals surface area (Å²) in [5.41, 5.74) is 8.43. The van der Waals surface area contributed by atoms with Gasteiger partial charge >= 0.3 is 0 Å². The van der Waals surface area contributed by atoms with E-state index < -0.39 is 0 Å². The van der Waals surface area contributed by atoms with Crippen molar-refractivity contribution in [2.45, 2.75) is 77.8 Å². The van der Waals surface area contributed by atoms with E-state index in [9.17, 15) is 0 Å². The van der Waals surface area contributed by atoms with Crippen LogP contribution in [0.2, 0.25) is 0 Å². The Morgan fingerprint density at radius 2 is 1.83 bits per heavy atom. The molecule has 0 spiro atoms. The largest absolute Gasteiger partial charge is 0.310 e. The van der Waals surface area contributed by atoms with Crippen molar-refractivity contribution in [2.24, 2.45) is 0 Å². The van der Waals surface area contributed by atoms with Gasteiger partial charge in [0.2, 0.25) is 0 Å². The second-order valence-corrected chi connectivity index (χ2v) is 7.49. The Balaban J connectivity index is 1.80. The summed E-state index contributed by atoms with van der Waals surface area (Å²) < 4.78 is 0. The topological polar surface area (TPSA) is 24.9 Å². The number of rotatable bonds is 3. The van der Waals surface area contributed by atoms with Crippen LogP contribution in [0.1, 0.15) is 66.5 Å². The lowest BCUT2D eigenvalue weighted by Gasteiger charge is -2.23. The first-order chi connectivity index (χ1) is 11.2. The molecule has 1 aromatic carbocycles. The molecule has 1 N–H and O–H groups in total. The van der Waals surface area contributed by atoms with Gasteiger partial charge in [-0.25, -0.2) is 0 Å². The van der Waals surface area contributed by atoms with Crippen LogP contribution in [0.15, 0.2) is 12.1 Å². The van der Waals surface area contributed by atoms with E-state index in [2.05, 4.69) is 31.3 Å². The number of fused-ring (bicyclic) bond motifs is 2. The van der Waals surface area contributed by atoms with E-state index in [4.69, 9.17) is 4.98 Å². The van der Waals surface area contributed by atoms with Crippen molar-refractivity contribution in [1.82, 2.24) is 10.3 Å². The molecule has 2 aliphatic carbocycles. The lowest BCUT2D eigenvalue weighted by atomic mass is 9.88. The number of hydrogen-bond acceptors (Lipinski definition) is 2. The second kappa shape index (κ2) is 6.24. The molecule has 2 aliphatic rings. The van der Waals surface area contributed by atoms with Crippen molar-refractivity contribution >= 4 is 10.9 Å². The SMILES string of the molecule is Cc1ccc2c(CNC3CCCC3)c3c(nc2c1C)CCCC3. The number of nitrogens with zero attached hydrogens (tertiary/aromatic N) is 1. The lowest BCUT2D eigenvalue weighted by Crippen LogP contribution is -2.26. The minimum absolute atomic E-state index is 0.726. The molecule has 2 nitrogen and oxygen atoms in total. The summed E-state index contributed by atoms with van der Waals surface area (Å²) in [5.74, 6) is 0. The van der Waals surface area contributed by atoms with Crippen molar-refractivity contribution < 1.29 is 0 Å². The molecule has 0 bridgehead atoms. The van der Waals surface area contributed by atoms with Crippen molar-refractivity contribution in [1.29, 1.82) is 0 Å². The summed E-state index contributed by atoms with van der Waals surface area (Å²) >= 11 is 0. The Bertz CT molecular complexity index is 726. The molecule has 23 heavy (non-hydrogen) atoms. The van der Waals surface area contributed by atoms with E-state index in [0.717, 1.165) is 19.0 Å². The molecule has 0 saturated heterocycles. The normalized spacial score (nSPS) is 18.5. The summed E-state index contributed by atoms with van der Waals surface area (Å²) in [6.07, 6.45) is 10.5. The molecule has 1 aromatic heterocycles. The monoisotopic (exact) mass is 308 g/mol. The van der Waals surface area contributed by atoms with Gasteiger partial charge in [-0.1, -0.05) is 25.0 Å². The van der Waals surface area contributed by atoms with Crippen molar-refractivity contribution in [2.75, 3.05) is 0 Å². The Morgan fingerprint density at radius 1 is 1.04 bits per heavy atom. The Kier molecular flexibility index (Phi) is 4.11. The van der Waals surface area contributed by atoms with E-state index in [1.807, 2.05) is 0 Å². The fraction of sp³-hybridized carbons (Fsp3) is 0.571. The van der Waals surface area contributed by atoms with Crippen molar-refractivity contribution in [3.8, 4) is 0 Å². The molecule has 1 heterocycles. The third-order valence-corrected chi connectivity index (χ3v) is 6.00. The zero-order valence-electron chi connectivity index (χ0n) is 14.5. The van der Waals surface area contributed by atoms with E-state index in [-0.39, 0.29) is 0 Å². The summed E-state index contributed by atoms with van der Waals surface area (Å²) in [5, 5.41) is 5.23. The molecular weight excluding hydrogens is 280 g/mol. The minimum Gasteiger partial charge on any atom is -0.310 e. The zero-order chi connectivity index (χ0) is 15.8. The summed E-state index contributed by atoms with van der Waals surface area (Å²) in [7, 11) is 0. The zero-order valence-corrected chi connectivity index (χ0v) is 14.5. The fourth-order valence-corrected chi connectivity index (χ4v) is 4.40. The van der Waals surface area contributed by atoms with Gasteiger partial charge in [-0.2, -0.15) is 0 Å². The van der Waals surface area contributed by atoms with Crippen LogP contribution in [0.3, 0.4) is 0 Å². The second-order valence-electron chi connectivity index (χ2n) is 7.49. The number of hydrogen-bond donors (Lipinski definition) is 1. The first-order valence-corrected chi connectivity index (χ1v) is 9.38. The Hall–Kier alpha value is -1.41. The molecule has 4 rings (SSSR count). The van der Waals surface area contributed by atoms with Crippen LogP contribution in [0.5, 0.6) is 0 Å². The minimum atomic E-state index is 0.726. The highest BCUT2D eigenvalue weighted by Crippen LogP contribution is 2.32. The Labute approximate surface area is 139 Å². The summed E-state index contributed by atoms with van der Waals surface area (Å²) in [6, 6.07) is 5.31. The van der Waals surface area contributed by atoms with E-state index in [0.29, 0.717) is 0 Å². The van der Waals surface area contributed by atoms with Crippen LogP contribution in [0, 0.1) is 13.8 Å². The maximum absolute atomic E-state index is 5.09. The van der Waals surface area contributed by atoms with Crippen LogP contribution in [-0.2, 0) is 19.4 Å². The summed E-state index contributed by atoms with van der Waals surface area (Å²) in [6.45, 7) is 5.45.